The van der Waals surface area contributed by atoms with Gasteiger partial charge in [-0.3, -0.25) is 0 Å². The van der Waals surface area contributed by atoms with Gasteiger partial charge in [-0.05, 0) is 17.3 Å². The molecule has 66 valence electrons. The van der Waals surface area contributed by atoms with E-state index in [1.165, 1.54) is 12.1 Å². The topological polar surface area (TPSA) is 63.8 Å². The predicted molar refractivity (Wildman–Crippen MR) is 45.9 cm³/mol. The van der Waals surface area contributed by atoms with Crippen molar-refractivity contribution in [3.05, 3.63) is 24.3 Å². The molecule has 0 atom stereocenters. The SMILES string of the molecule is [2H]C([2H])([2H])n1nnc(-c2cccc(O)c2)n1. The third kappa shape index (κ3) is 1.48. The number of aromatic nitrogens is 4. The van der Waals surface area contributed by atoms with Crippen molar-refractivity contribution in [3.8, 4) is 17.1 Å². The van der Waals surface area contributed by atoms with Crippen molar-refractivity contribution in [1.82, 2.24) is 20.2 Å². The molecule has 0 unspecified atom stereocenters. The van der Waals surface area contributed by atoms with E-state index >= 15 is 0 Å². The Balaban J connectivity index is 2.39. The fourth-order valence-electron chi connectivity index (χ4n) is 0.975. The molecule has 5 nitrogen and oxygen atoms in total. The van der Waals surface area contributed by atoms with Gasteiger partial charge in [-0.15, -0.1) is 10.2 Å². The summed E-state index contributed by atoms with van der Waals surface area (Å²) in [6, 6.07) is 6.19. The first kappa shape index (κ1) is 4.96. The molecule has 0 saturated heterocycles. The third-order valence-corrected chi connectivity index (χ3v) is 1.52. The number of tetrazole rings is 1. The van der Waals surface area contributed by atoms with E-state index in [2.05, 4.69) is 15.4 Å². The molecule has 0 bridgehead atoms. The van der Waals surface area contributed by atoms with Crippen molar-refractivity contribution in [2.24, 2.45) is 6.98 Å². The lowest BCUT2D eigenvalue weighted by Crippen LogP contribution is -1.91. The third-order valence-electron chi connectivity index (χ3n) is 1.52. The highest BCUT2D eigenvalue weighted by atomic mass is 16.3. The van der Waals surface area contributed by atoms with Gasteiger partial charge in [0.15, 0.2) is 0 Å². The molecule has 0 aliphatic carbocycles. The average Bonchev–Trinajstić information content (AvgIpc) is 2.65. The Bertz CT molecular complexity index is 508. The van der Waals surface area contributed by atoms with Gasteiger partial charge in [-0.25, -0.2) is 0 Å². The van der Waals surface area contributed by atoms with Crippen molar-refractivity contribution >= 4 is 0 Å². The Labute approximate surface area is 78.8 Å². The second-order valence-electron chi connectivity index (χ2n) is 2.45. The quantitative estimate of drug-likeness (QED) is 0.695. The first-order valence-corrected chi connectivity index (χ1v) is 3.57. The molecule has 1 heterocycles. The lowest BCUT2D eigenvalue weighted by Gasteiger charge is -1.94. The molecule has 13 heavy (non-hydrogen) atoms. The maximum absolute atomic E-state index is 9.25. The van der Waals surface area contributed by atoms with Crippen LogP contribution in [0, 0.1) is 0 Å². The van der Waals surface area contributed by atoms with Gasteiger partial charge in [0, 0.05) is 9.68 Å². The fourth-order valence-corrected chi connectivity index (χ4v) is 0.975. The van der Waals surface area contributed by atoms with Crippen LogP contribution in [0.2, 0.25) is 0 Å². The number of aryl methyl sites for hydroxylation is 1. The second kappa shape index (κ2) is 2.85. The van der Waals surface area contributed by atoms with Crippen LogP contribution in [0.3, 0.4) is 0 Å². The van der Waals surface area contributed by atoms with Crippen LogP contribution in [0.1, 0.15) is 4.11 Å². The minimum atomic E-state index is -2.44. The summed E-state index contributed by atoms with van der Waals surface area (Å²) >= 11 is 0. The Morgan fingerprint density at radius 3 is 3.15 bits per heavy atom. The first-order valence-electron chi connectivity index (χ1n) is 5.07. The summed E-state index contributed by atoms with van der Waals surface area (Å²) in [6.07, 6.45) is 0. The Hall–Kier alpha value is -1.91. The standard InChI is InChI=1S/C8H8N4O/c1-12-10-8(9-11-12)6-3-2-4-7(13)5-6/h2-5,13H,1H3/i1D3. The number of rotatable bonds is 1. The van der Waals surface area contributed by atoms with E-state index in [1.807, 2.05) is 0 Å². The summed E-state index contributed by atoms with van der Waals surface area (Å²) in [7, 11) is 0. The minimum absolute atomic E-state index is 0.0581. The minimum Gasteiger partial charge on any atom is -0.508 e. The molecular formula is C8H8N4O. The Morgan fingerprint density at radius 2 is 2.46 bits per heavy atom. The molecule has 0 saturated carbocycles. The molecule has 0 fully saturated rings. The van der Waals surface area contributed by atoms with E-state index in [0.29, 0.717) is 10.4 Å². The van der Waals surface area contributed by atoms with Gasteiger partial charge >= 0.3 is 0 Å². The van der Waals surface area contributed by atoms with E-state index in [-0.39, 0.29) is 11.6 Å². The van der Waals surface area contributed by atoms with Crippen molar-refractivity contribution in [2.75, 3.05) is 0 Å². The molecule has 1 N–H and O–H groups in total. The van der Waals surface area contributed by atoms with Gasteiger partial charge in [0.2, 0.25) is 5.82 Å². The van der Waals surface area contributed by atoms with Crippen molar-refractivity contribution in [2.45, 2.75) is 0 Å². The van der Waals surface area contributed by atoms with Crippen LogP contribution in [-0.2, 0) is 6.98 Å². The van der Waals surface area contributed by atoms with E-state index < -0.39 is 6.98 Å². The predicted octanol–water partition coefficient (Wildman–Crippen LogP) is 0.583. The number of benzene rings is 1. The first-order chi connectivity index (χ1) is 7.47. The maximum atomic E-state index is 9.25. The van der Waals surface area contributed by atoms with Crippen molar-refractivity contribution in [1.29, 1.82) is 0 Å². The lowest BCUT2D eigenvalue weighted by atomic mass is 10.2. The number of aromatic hydroxyl groups is 1. The van der Waals surface area contributed by atoms with Gasteiger partial charge in [0.25, 0.3) is 0 Å². The maximum Gasteiger partial charge on any atom is 0.205 e. The number of phenolic OH excluding ortho intramolecular Hbond substituents is 1. The zero-order valence-electron chi connectivity index (χ0n) is 9.55. The Kier molecular flexibility index (Phi) is 1.09. The number of nitrogens with zero attached hydrogens (tertiary/aromatic N) is 4. The molecule has 0 radical (unpaired) electrons. The molecule has 0 aliphatic heterocycles. The van der Waals surface area contributed by atoms with Gasteiger partial charge in [0.05, 0.1) is 6.98 Å². The summed E-state index contributed by atoms with van der Waals surface area (Å²) in [5.41, 5.74) is 0.510. The molecular weight excluding hydrogens is 168 g/mol. The molecule has 0 amide bonds. The normalized spacial score (nSPS) is 14.6. The molecule has 5 heteroatoms. The van der Waals surface area contributed by atoms with E-state index in [1.54, 1.807) is 12.1 Å². The van der Waals surface area contributed by atoms with Crippen LogP contribution in [0.25, 0.3) is 11.4 Å². The van der Waals surface area contributed by atoms with Crippen LogP contribution >= 0.6 is 0 Å². The lowest BCUT2D eigenvalue weighted by molar-refractivity contribution is 0.475. The molecule has 2 rings (SSSR count). The number of hydrogen-bond acceptors (Lipinski definition) is 4. The smallest absolute Gasteiger partial charge is 0.205 e. The Morgan fingerprint density at radius 1 is 1.54 bits per heavy atom. The summed E-state index contributed by atoms with van der Waals surface area (Å²) < 4.78 is 21.2. The summed E-state index contributed by atoms with van der Waals surface area (Å²) in [4.78, 5) is 0.562. The van der Waals surface area contributed by atoms with Gasteiger partial charge < -0.3 is 5.11 Å². The van der Waals surface area contributed by atoms with Gasteiger partial charge in [0.1, 0.15) is 5.75 Å². The van der Waals surface area contributed by atoms with Crippen LogP contribution < -0.4 is 0 Å². The summed E-state index contributed by atoms with van der Waals surface area (Å²) in [5, 5.41) is 20.0. The highest BCUT2D eigenvalue weighted by Gasteiger charge is 2.03. The molecule has 1 aromatic heterocycles. The fraction of sp³-hybridized carbons (Fsp3) is 0.125. The van der Waals surface area contributed by atoms with E-state index in [9.17, 15) is 5.11 Å². The average molecular weight is 179 g/mol. The summed E-state index contributed by atoms with van der Waals surface area (Å²) in [5.74, 6) is 0.217. The van der Waals surface area contributed by atoms with Crippen LogP contribution in [0.4, 0.5) is 0 Å². The molecule has 0 aliphatic rings. The van der Waals surface area contributed by atoms with Crippen molar-refractivity contribution in [3.63, 3.8) is 0 Å². The molecule has 0 spiro atoms. The highest BCUT2D eigenvalue weighted by Crippen LogP contribution is 2.18. The van der Waals surface area contributed by atoms with Crippen LogP contribution in [0.5, 0.6) is 5.75 Å². The number of hydrogen-bond donors (Lipinski definition) is 1. The summed E-state index contributed by atoms with van der Waals surface area (Å²) in [6.45, 7) is -2.44. The van der Waals surface area contributed by atoms with Crippen LogP contribution in [-0.4, -0.2) is 25.3 Å². The largest absolute Gasteiger partial charge is 0.508 e. The van der Waals surface area contributed by atoms with Gasteiger partial charge in [-0.1, -0.05) is 12.1 Å². The second-order valence-corrected chi connectivity index (χ2v) is 2.45. The monoisotopic (exact) mass is 179 g/mol. The molecule has 2 aromatic rings. The van der Waals surface area contributed by atoms with Gasteiger partial charge in [-0.2, -0.15) is 4.80 Å². The van der Waals surface area contributed by atoms with Crippen LogP contribution in [0.15, 0.2) is 24.3 Å². The number of phenols is 1. The van der Waals surface area contributed by atoms with Crippen molar-refractivity contribution < 1.29 is 9.22 Å². The van der Waals surface area contributed by atoms with E-state index in [0.717, 1.165) is 0 Å². The highest BCUT2D eigenvalue weighted by molar-refractivity contribution is 5.56. The zero-order valence-corrected chi connectivity index (χ0v) is 6.55. The van der Waals surface area contributed by atoms with E-state index in [4.69, 9.17) is 4.11 Å². The molecule has 1 aromatic carbocycles. The zero-order chi connectivity index (χ0) is 11.8.